The van der Waals surface area contributed by atoms with Crippen molar-refractivity contribution in [1.82, 2.24) is 0 Å². The van der Waals surface area contributed by atoms with Gasteiger partial charge >= 0.3 is 5.97 Å². The molecule has 0 amide bonds. The number of anilines is 2. The molecule has 0 radical (unpaired) electrons. The fourth-order valence-corrected chi connectivity index (χ4v) is 5.16. The molecule has 34 heavy (non-hydrogen) atoms. The minimum atomic E-state index is -0.758. The summed E-state index contributed by atoms with van der Waals surface area (Å²) >= 11 is 0. The number of nitrogens with zero attached hydrogens (tertiary/aromatic N) is 2. The molecule has 2 aliphatic rings. The fourth-order valence-electron chi connectivity index (χ4n) is 5.16. The lowest BCUT2D eigenvalue weighted by molar-refractivity contribution is -0.137. The monoisotopic (exact) mass is 470 g/mol. The van der Waals surface area contributed by atoms with Crippen molar-refractivity contribution in [1.29, 1.82) is 0 Å². The van der Waals surface area contributed by atoms with Crippen LogP contribution in [0.15, 0.2) is 42.5 Å². The van der Waals surface area contributed by atoms with Crippen molar-refractivity contribution in [3.05, 3.63) is 48.3 Å². The molecule has 4 rings (SSSR count). The van der Waals surface area contributed by atoms with Crippen LogP contribution in [0.25, 0.3) is 0 Å². The zero-order valence-electron chi connectivity index (χ0n) is 20.2. The van der Waals surface area contributed by atoms with Gasteiger partial charge in [-0.1, -0.05) is 13.8 Å². The molecule has 7 heteroatoms. The summed E-state index contributed by atoms with van der Waals surface area (Å²) in [6.45, 7) is 9.09. The van der Waals surface area contributed by atoms with Crippen LogP contribution in [0, 0.1) is 17.7 Å². The summed E-state index contributed by atoms with van der Waals surface area (Å²) in [7, 11) is 0. The molecule has 0 saturated carbocycles. The quantitative estimate of drug-likeness (QED) is 0.572. The number of aliphatic carboxylic acids is 1. The predicted octanol–water partition coefficient (Wildman–Crippen LogP) is 5.21. The topological polar surface area (TPSA) is 62.2 Å². The number of benzene rings is 2. The summed E-state index contributed by atoms with van der Waals surface area (Å²) in [6.07, 6.45) is 1.84. The van der Waals surface area contributed by atoms with E-state index in [1.54, 1.807) is 12.1 Å². The Labute approximate surface area is 201 Å². The Hall–Kier alpha value is -2.96. The number of halogens is 1. The Morgan fingerprint density at radius 3 is 2.41 bits per heavy atom. The Balaban J connectivity index is 1.34. The van der Waals surface area contributed by atoms with Crippen molar-refractivity contribution < 1.29 is 23.8 Å². The molecule has 2 fully saturated rings. The molecule has 2 heterocycles. The number of rotatable bonds is 8. The fraction of sp³-hybridized carbons (Fsp3) is 0.519. The van der Waals surface area contributed by atoms with Crippen LogP contribution in [0.5, 0.6) is 11.5 Å². The molecular formula is C27H35FN2O4. The summed E-state index contributed by atoms with van der Waals surface area (Å²) in [6, 6.07) is 12.9. The molecule has 2 aromatic carbocycles. The molecule has 3 atom stereocenters. The smallest absolute Gasteiger partial charge is 0.305 e. The molecule has 0 spiro atoms. The maximum atomic E-state index is 14.4. The maximum Gasteiger partial charge on any atom is 0.305 e. The molecule has 0 unspecified atom stereocenters. The van der Waals surface area contributed by atoms with E-state index in [0.29, 0.717) is 29.9 Å². The lowest BCUT2D eigenvalue weighted by Gasteiger charge is -2.34. The highest BCUT2D eigenvalue weighted by atomic mass is 19.1. The first-order chi connectivity index (χ1) is 16.4. The second kappa shape index (κ2) is 10.5. The highest BCUT2D eigenvalue weighted by Crippen LogP contribution is 2.36. The van der Waals surface area contributed by atoms with Crippen LogP contribution < -0.4 is 19.3 Å². The number of hydrogen-bond acceptors (Lipinski definition) is 5. The van der Waals surface area contributed by atoms with Crippen molar-refractivity contribution in [2.24, 2.45) is 11.8 Å². The van der Waals surface area contributed by atoms with E-state index < -0.39 is 5.97 Å². The maximum absolute atomic E-state index is 14.4. The number of carbonyl (C=O) groups is 1. The van der Waals surface area contributed by atoms with Gasteiger partial charge in [-0.2, -0.15) is 0 Å². The van der Waals surface area contributed by atoms with Crippen molar-refractivity contribution in [2.45, 2.75) is 52.2 Å². The molecule has 0 bridgehead atoms. The van der Waals surface area contributed by atoms with Gasteiger partial charge in [-0.3, -0.25) is 4.79 Å². The van der Waals surface area contributed by atoms with Gasteiger partial charge in [-0.25, -0.2) is 4.39 Å². The van der Waals surface area contributed by atoms with E-state index in [-0.39, 0.29) is 24.4 Å². The Kier molecular flexibility index (Phi) is 7.49. The van der Waals surface area contributed by atoms with E-state index >= 15 is 0 Å². The second-order valence-corrected chi connectivity index (χ2v) is 9.50. The number of carboxylic acids is 1. The van der Waals surface area contributed by atoms with E-state index in [2.05, 4.69) is 23.6 Å². The Morgan fingerprint density at radius 1 is 1.09 bits per heavy atom. The largest absolute Gasteiger partial charge is 0.494 e. The Bertz CT molecular complexity index is 975. The van der Waals surface area contributed by atoms with Crippen LogP contribution >= 0.6 is 0 Å². The van der Waals surface area contributed by atoms with Gasteiger partial charge in [0.05, 0.1) is 18.7 Å². The summed E-state index contributed by atoms with van der Waals surface area (Å²) in [5.41, 5.74) is 1.62. The molecule has 1 N–H and O–H groups in total. The molecule has 2 aliphatic heterocycles. The van der Waals surface area contributed by atoms with Crippen LogP contribution in [0.3, 0.4) is 0 Å². The number of ether oxygens (including phenoxy) is 2. The number of hydrogen-bond donors (Lipinski definition) is 1. The van der Waals surface area contributed by atoms with Crippen molar-refractivity contribution in [3.63, 3.8) is 0 Å². The molecule has 0 aliphatic carbocycles. The molecule has 2 saturated heterocycles. The highest BCUT2D eigenvalue weighted by Gasteiger charge is 2.37. The third-order valence-electron chi connectivity index (χ3n) is 7.26. The average molecular weight is 471 g/mol. The lowest BCUT2D eigenvalue weighted by Crippen LogP contribution is -2.38. The Morgan fingerprint density at radius 2 is 1.76 bits per heavy atom. The summed E-state index contributed by atoms with van der Waals surface area (Å²) in [5, 5.41) is 9.34. The average Bonchev–Trinajstić information content (AvgIpc) is 3.09. The minimum Gasteiger partial charge on any atom is -0.494 e. The molecule has 6 nitrogen and oxygen atoms in total. The van der Waals surface area contributed by atoms with Gasteiger partial charge in [0.2, 0.25) is 0 Å². The summed E-state index contributed by atoms with van der Waals surface area (Å²) in [5.74, 6) is 1.28. The van der Waals surface area contributed by atoms with Crippen molar-refractivity contribution >= 4 is 17.3 Å². The first-order valence-corrected chi connectivity index (χ1v) is 12.3. The van der Waals surface area contributed by atoms with E-state index in [4.69, 9.17) is 9.47 Å². The van der Waals surface area contributed by atoms with Crippen LogP contribution in [0.2, 0.25) is 0 Å². The zero-order chi connectivity index (χ0) is 24.2. The second-order valence-electron chi connectivity index (χ2n) is 9.50. The van der Waals surface area contributed by atoms with Crippen LogP contribution in [0.4, 0.5) is 15.8 Å². The van der Waals surface area contributed by atoms with Crippen LogP contribution in [0.1, 0.15) is 40.0 Å². The number of carboxylic acid groups (broad SMARTS) is 1. The molecular weight excluding hydrogens is 435 g/mol. The van der Waals surface area contributed by atoms with Crippen molar-refractivity contribution in [2.75, 3.05) is 36.0 Å². The number of piperidine rings is 1. The normalized spacial score (nSPS) is 23.2. The predicted molar refractivity (Wildman–Crippen MR) is 132 cm³/mol. The van der Waals surface area contributed by atoms with Gasteiger partial charge in [0, 0.05) is 50.3 Å². The van der Waals surface area contributed by atoms with E-state index in [0.717, 1.165) is 43.9 Å². The third-order valence-corrected chi connectivity index (χ3v) is 7.26. The lowest BCUT2D eigenvalue weighted by atomic mass is 9.92. The van der Waals surface area contributed by atoms with Gasteiger partial charge in [0.15, 0.2) is 0 Å². The summed E-state index contributed by atoms with van der Waals surface area (Å²) < 4.78 is 26.1. The SMILES string of the molecule is CCOc1ccc(F)c(N2CCC(Oc3ccc(N4C[C@H](C)[C@@H](C)[C@@H]4CC(=O)O)cc3)CC2)c1. The molecule has 2 aromatic rings. The van der Waals surface area contributed by atoms with Crippen molar-refractivity contribution in [3.8, 4) is 11.5 Å². The first kappa shape index (κ1) is 24.2. The zero-order valence-corrected chi connectivity index (χ0v) is 20.2. The van der Waals surface area contributed by atoms with E-state index in [9.17, 15) is 14.3 Å². The highest BCUT2D eigenvalue weighted by molar-refractivity contribution is 5.69. The summed E-state index contributed by atoms with van der Waals surface area (Å²) in [4.78, 5) is 15.6. The third kappa shape index (κ3) is 5.40. The van der Waals surface area contributed by atoms with Crippen LogP contribution in [-0.4, -0.2) is 49.5 Å². The van der Waals surface area contributed by atoms with Crippen LogP contribution in [-0.2, 0) is 4.79 Å². The molecule has 184 valence electrons. The van der Waals surface area contributed by atoms with Gasteiger partial charge in [0.25, 0.3) is 0 Å². The van der Waals surface area contributed by atoms with E-state index in [1.807, 2.05) is 31.2 Å². The minimum absolute atomic E-state index is 0.00483. The van der Waals surface area contributed by atoms with E-state index in [1.165, 1.54) is 6.07 Å². The first-order valence-electron chi connectivity index (χ1n) is 12.3. The molecule has 0 aromatic heterocycles. The standard InChI is InChI=1S/C27H35FN2O4/c1-4-33-23-9-10-24(28)26(15-23)29-13-11-22(12-14-29)34-21-7-5-20(6-8-21)30-17-18(2)19(3)25(30)16-27(31)32/h5-10,15,18-19,22,25H,4,11-14,16-17H2,1-3H3,(H,31,32)/t18-,19+,25-/m0/s1. The van der Waals surface area contributed by atoms with Gasteiger partial charge in [-0.05, 0) is 55.2 Å². The van der Waals surface area contributed by atoms with Gasteiger partial charge in [-0.15, -0.1) is 0 Å². The van der Waals surface area contributed by atoms with Gasteiger partial charge < -0.3 is 24.4 Å². The van der Waals surface area contributed by atoms with Gasteiger partial charge in [0.1, 0.15) is 23.4 Å².